The van der Waals surface area contributed by atoms with E-state index in [1.54, 1.807) is 19.4 Å². The first-order valence-electron chi connectivity index (χ1n) is 8.32. The summed E-state index contributed by atoms with van der Waals surface area (Å²) < 4.78 is 6.13. The summed E-state index contributed by atoms with van der Waals surface area (Å²) in [6.07, 6.45) is 3.72. The fraction of sp³-hybridized carbons (Fsp3) is 0.190. The van der Waals surface area contributed by atoms with E-state index in [-0.39, 0.29) is 0 Å². The van der Waals surface area contributed by atoms with Crippen molar-refractivity contribution in [2.75, 3.05) is 14.2 Å². The predicted octanol–water partition coefficient (Wildman–Crippen LogP) is 6.38. The molecule has 0 saturated carbocycles. The van der Waals surface area contributed by atoms with Gasteiger partial charge in [0.25, 0.3) is 0 Å². The number of pyridine rings is 1. The third-order valence-electron chi connectivity index (χ3n) is 3.90. The highest BCUT2D eigenvalue weighted by atomic mass is 79.9. The Kier molecular flexibility index (Phi) is 7.06. The molecule has 0 amide bonds. The molecule has 1 aromatic carbocycles. The molecule has 0 bridgehead atoms. The maximum atomic E-state index is 6.48. The summed E-state index contributed by atoms with van der Waals surface area (Å²) in [7, 11) is 3.55. The number of halogens is 2. The molecule has 0 aliphatic carbocycles. The molecule has 2 heterocycles. The van der Waals surface area contributed by atoms with Gasteiger partial charge < -0.3 is 9.64 Å². The molecule has 1 aliphatic rings. The van der Waals surface area contributed by atoms with E-state index in [2.05, 4.69) is 45.7 Å². The molecule has 0 saturated heterocycles. The second kappa shape index (κ2) is 9.06. The Hall–Kier alpha value is -2.04. The van der Waals surface area contributed by atoms with Crippen molar-refractivity contribution in [3.63, 3.8) is 0 Å². The number of hydrogen-bond donors (Lipinski definition) is 0. The Morgan fingerprint density at radius 3 is 2.42 bits per heavy atom. The molecule has 2 aromatic rings. The maximum absolute atomic E-state index is 6.48. The van der Waals surface area contributed by atoms with Crippen LogP contribution < -0.4 is 4.74 Å². The Labute approximate surface area is 168 Å². The topological polar surface area (TPSA) is 25.4 Å². The quantitative estimate of drug-likeness (QED) is 0.562. The fourth-order valence-corrected chi connectivity index (χ4v) is 3.33. The predicted molar refractivity (Wildman–Crippen MR) is 114 cm³/mol. The van der Waals surface area contributed by atoms with E-state index < -0.39 is 0 Å². The molecule has 136 valence electrons. The number of hydrogen-bond acceptors (Lipinski definition) is 3. The first kappa shape index (κ1) is 20.3. The van der Waals surface area contributed by atoms with Crippen LogP contribution in [-0.2, 0) is 0 Å². The van der Waals surface area contributed by atoms with Gasteiger partial charge in [0.2, 0.25) is 0 Å². The van der Waals surface area contributed by atoms with Crippen molar-refractivity contribution in [2.24, 2.45) is 0 Å². The molecular formula is C21H22BrClN2O. The van der Waals surface area contributed by atoms with Crippen molar-refractivity contribution >= 4 is 38.8 Å². The number of ether oxygens (including phenoxy) is 1. The molecule has 3 rings (SSSR count). The number of benzene rings is 1. The van der Waals surface area contributed by atoms with Crippen LogP contribution >= 0.6 is 27.5 Å². The normalized spacial score (nSPS) is 13.8. The van der Waals surface area contributed by atoms with Crippen molar-refractivity contribution in [2.45, 2.75) is 13.8 Å². The lowest BCUT2D eigenvalue weighted by Gasteiger charge is -2.31. The number of rotatable bonds is 3. The lowest BCUT2D eigenvalue weighted by Crippen LogP contribution is -2.21. The molecule has 0 atom stereocenters. The molecule has 0 unspecified atom stereocenters. The lowest BCUT2D eigenvalue weighted by molar-refractivity contribution is 0.412. The standard InChI is InChI=1S/C19H16BrClN2O.C2H6/c1-12-16(20)10-15(13-7-5-4-6-8-13)19(23(12)2)18-17(21)9-14(24-3)11-22-18;1-2/h4-11H,1H2,2-3H3;1-2H3. The molecule has 0 N–H and O–H groups in total. The number of nitrogens with zero attached hydrogens (tertiary/aromatic N) is 2. The average Bonchev–Trinajstić information content (AvgIpc) is 2.68. The van der Waals surface area contributed by atoms with Crippen LogP contribution in [0, 0.1) is 0 Å². The number of likely N-dealkylation sites (N-methyl/N-ethyl adjacent to an activating group) is 1. The van der Waals surface area contributed by atoms with Gasteiger partial charge in [-0.25, -0.2) is 4.98 Å². The van der Waals surface area contributed by atoms with Gasteiger partial charge in [0, 0.05) is 28.9 Å². The van der Waals surface area contributed by atoms with Gasteiger partial charge in [-0.05, 0) is 27.6 Å². The van der Waals surface area contributed by atoms with E-state index in [9.17, 15) is 0 Å². The number of methoxy groups -OCH3 is 1. The molecular weight excluding hydrogens is 412 g/mol. The van der Waals surface area contributed by atoms with Crippen LogP contribution in [0.2, 0.25) is 5.02 Å². The Morgan fingerprint density at radius 2 is 1.85 bits per heavy atom. The zero-order chi connectivity index (χ0) is 19.3. The minimum absolute atomic E-state index is 0.531. The van der Waals surface area contributed by atoms with Crippen LogP contribution in [-0.4, -0.2) is 24.0 Å². The highest BCUT2D eigenvalue weighted by Crippen LogP contribution is 2.41. The third-order valence-corrected chi connectivity index (χ3v) is 4.88. The molecule has 0 spiro atoms. The molecule has 5 heteroatoms. The second-order valence-corrected chi connectivity index (χ2v) is 6.59. The fourth-order valence-electron chi connectivity index (χ4n) is 2.58. The van der Waals surface area contributed by atoms with Crippen LogP contribution in [0.3, 0.4) is 0 Å². The molecule has 26 heavy (non-hydrogen) atoms. The Balaban J connectivity index is 0.00000117. The van der Waals surface area contributed by atoms with Gasteiger partial charge >= 0.3 is 0 Å². The number of allylic oxidation sites excluding steroid dienone is 3. The SMILES string of the molecule is C=C1C(Br)=CC(c2ccccc2)=C(c2ncc(OC)cc2Cl)N1C.CC. The largest absolute Gasteiger partial charge is 0.495 e. The van der Waals surface area contributed by atoms with Crippen molar-refractivity contribution in [1.29, 1.82) is 0 Å². The Bertz CT molecular complexity index is 860. The lowest BCUT2D eigenvalue weighted by atomic mass is 9.97. The van der Waals surface area contributed by atoms with Gasteiger partial charge in [-0.2, -0.15) is 0 Å². The minimum Gasteiger partial charge on any atom is -0.495 e. The van der Waals surface area contributed by atoms with Crippen LogP contribution in [0.25, 0.3) is 11.3 Å². The first-order valence-corrected chi connectivity index (χ1v) is 9.50. The summed E-state index contributed by atoms with van der Waals surface area (Å²) in [6.45, 7) is 8.12. The van der Waals surface area contributed by atoms with Gasteiger partial charge in [-0.15, -0.1) is 0 Å². The summed E-state index contributed by atoms with van der Waals surface area (Å²) in [5.74, 6) is 0.625. The van der Waals surface area contributed by atoms with Crippen LogP contribution in [0.1, 0.15) is 25.1 Å². The van der Waals surface area contributed by atoms with Gasteiger partial charge in [0.1, 0.15) is 11.4 Å². The van der Waals surface area contributed by atoms with Gasteiger partial charge in [0.05, 0.1) is 24.0 Å². The van der Waals surface area contributed by atoms with Crippen molar-refractivity contribution < 1.29 is 4.74 Å². The molecule has 1 aromatic heterocycles. The summed E-state index contributed by atoms with van der Waals surface area (Å²) in [6, 6.07) is 11.9. The van der Waals surface area contributed by atoms with E-state index in [1.807, 2.05) is 44.0 Å². The van der Waals surface area contributed by atoms with Gasteiger partial charge in [-0.1, -0.05) is 62.4 Å². The first-order chi connectivity index (χ1) is 12.5. The zero-order valence-electron chi connectivity index (χ0n) is 15.4. The van der Waals surface area contributed by atoms with Crippen LogP contribution in [0.5, 0.6) is 5.75 Å². The zero-order valence-corrected chi connectivity index (χ0v) is 17.7. The van der Waals surface area contributed by atoms with E-state index >= 15 is 0 Å². The van der Waals surface area contributed by atoms with Gasteiger partial charge in [0.15, 0.2) is 0 Å². The summed E-state index contributed by atoms with van der Waals surface area (Å²) in [5, 5.41) is 0.531. The highest BCUT2D eigenvalue weighted by Gasteiger charge is 2.25. The summed E-state index contributed by atoms with van der Waals surface area (Å²) in [4.78, 5) is 6.51. The molecule has 0 radical (unpaired) electrons. The monoisotopic (exact) mass is 432 g/mol. The molecule has 0 fully saturated rings. The highest BCUT2D eigenvalue weighted by molar-refractivity contribution is 9.12. The van der Waals surface area contributed by atoms with Gasteiger partial charge in [-0.3, -0.25) is 0 Å². The van der Waals surface area contributed by atoms with E-state index in [0.29, 0.717) is 16.5 Å². The van der Waals surface area contributed by atoms with E-state index in [4.69, 9.17) is 16.3 Å². The van der Waals surface area contributed by atoms with E-state index in [1.165, 1.54) is 0 Å². The molecule has 3 nitrogen and oxygen atoms in total. The van der Waals surface area contributed by atoms with Crippen molar-refractivity contribution in [1.82, 2.24) is 9.88 Å². The summed E-state index contributed by atoms with van der Waals surface area (Å²) in [5.41, 5.74) is 4.55. The maximum Gasteiger partial charge on any atom is 0.138 e. The van der Waals surface area contributed by atoms with Crippen LogP contribution in [0.15, 0.2) is 65.4 Å². The van der Waals surface area contributed by atoms with Crippen molar-refractivity contribution in [3.8, 4) is 5.75 Å². The average molecular weight is 434 g/mol. The molecule has 1 aliphatic heterocycles. The smallest absolute Gasteiger partial charge is 0.138 e. The number of aromatic nitrogens is 1. The third kappa shape index (κ3) is 4.02. The van der Waals surface area contributed by atoms with Crippen LogP contribution in [0.4, 0.5) is 0 Å². The van der Waals surface area contributed by atoms with Crippen molar-refractivity contribution in [3.05, 3.63) is 81.7 Å². The Morgan fingerprint density at radius 1 is 1.19 bits per heavy atom. The van der Waals surface area contributed by atoms with E-state index in [0.717, 1.165) is 27.0 Å². The summed E-state index contributed by atoms with van der Waals surface area (Å²) >= 11 is 10.1. The minimum atomic E-state index is 0.531. The second-order valence-electron chi connectivity index (χ2n) is 5.33.